The molecule has 0 unspecified atom stereocenters. The average molecular weight is 266 g/mol. The Hall–Kier alpha value is -1.40. The van der Waals surface area contributed by atoms with Crippen LogP contribution < -0.4 is 5.32 Å². The SMILES string of the molecule is CC(C)n1nccc1NC(=O)CN1CCC[C@H](O)C1. The topological polar surface area (TPSA) is 70.4 Å². The van der Waals surface area contributed by atoms with Gasteiger partial charge in [0.25, 0.3) is 0 Å². The normalized spacial score (nSPS) is 20.7. The fourth-order valence-electron chi connectivity index (χ4n) is 2.38. The van der Waals surface area contributed by atoms with Gasteiger partial charge in [-0.15, -0.1) is 0 Å². The molecule has 6 nitrogen and oxygen atoms in total. The number of aliphatic hydroxyl groups is 1. The molecule has 106 valence electrons. The van der Waals surface area contributed by atoms with Gasteiger partial charge in [0, 0.05) is 18.7 Å². The maximum Gasteiger partial charge on any atom is 0.239 e. The Kier molecular flexibility index (Phi) is 4.55. The van der Waals surface area contributed by atoms with E-state index in [4.69, 9.17) is 0 Å². The Labute approximate surface area is 113 Å². The first-order valence-electron chi connectivity index (χ1n) is 6.80. The second kappa shape index (κ2) is 6.16. The van der Waals surface area contributed by atoms with E-state index >= 15 is 0 Å². The Balaban J connectivity index is 1.88. The lowest BCUT2D eigenvalue weighted by atomic mass is 10.1. The Morgan fingerprint density at radius 3 is 3.11 bits per heavy atom. The largest absolute Gasteiger partial charge is 0.392 e. The number of carbonyl (C=O) groups is 1. The van der Waals surface area contributed by atoms with Crippen molar-refractivity contribution in [2.75, 3.05) is 25.0 Å². The molecule has 1 aliphatic rings. The summed E-state index contributed by atoms with van der Waals surface area (Å²) in [7, 11) is 0. The van der Waals surface area contributed by atoms with Crippen molar-refractivity contribution in [3.63, 3.8) is 0 Å². The van der Waals surface area contributed by atoms with E-state index in [0.29, 0.717) is 13.1 Å². The number of likely N-dealkylation sites (tertiary alicyclic amines) is 1. The van der Waals surface area contributed by atoms with Crippen molar-refractivity contribution in [1.29, 1.82) is 0 Å². The summed E-state index contributed by atoms with van der Waals surface area (Å²) in [5.41, 5.74) is 0. The molecule has 0 bridgehead atoms. The monoisotopic (exact) mass is 266 g/mol. The standard InChI is InChI=1S/C13H22N4O2/c1-10(2)17-12(5-6-14-17)15-13(19)9-16-7-3-4-11(18)8-16/h5-6,10-11,18H,3-4,7-9H2,1-2H3,(H,15,19)/t11-/m0/s1. The zero-order valence-electron chi connectivity index (χ0n) is 11.5. The molecule has 1 aromatic heterocycles. The van der Waals surface area contributed by atoms with Crippen LogP contribution in [0.5, 0.6) is 0 Å². The molecule has 0 aromatic carbocycles. The van der Waals surface area contributed by atoms with Gasteiger partial charge in [0.2, 0.25) is 5.91 Å². The van der Waals surface area contributed by atoms with Crippen LogP contribution in [0.1, 0.15) is 32.7 Å². The molecule has 2 heterocycles. The zero-order valence-corrected chi connectivity index (χ0v) is 11.5. The number of nitrogens with one attached hydrogen (secondary N) is 1. The maximum absolute atomic E-state index is 12.0. The minimum Gasteiger partial charge on any atom is -0.392 e. The van der Waals surface area contributed by atoms with Crippen LogP contribution in [-0.4, -0.2) is 51.4 Å². The number of aliphatic hydroxyl groups excluding tert-OH is 1. The number of nitrogens with zero attached hydrogens (tertiary/aromatic N) is 3. The van der Waals surface area contributed by atoms with Crippen LogP contribution in [0.2, 0.25) is 0 Å². The lowest BCUT2D eigenvalue weighted by Crippen LogP contribution is -2.42. The summed E-state index contributed by atoms with van der Waals surface area (Å²) in [5, 5.41) is 16.6. The second-order valence-electron chi connectivity index (χ2n) is 5.33. The highest BCUT2D eigenvalue weighted by Gasteiger charge is 2.20. The number of β-amino-alcohol motifs (C(OH)–C–C–N with tert-alkyl or cyclic N) is 1. The number of anilines is 1. The van der Waals surface area contributed by atoms with Gasteiger partial charge < -0.3 is 10.4 Å². The second-order valence-corrected chi connectivity index (χ2v) is 5.33. The van der Waals surface area contributed by atoms with Crippen LogP contribution >= 0.6 is 0 Å². The van der Waals surface area contributed by atoms with Gasteiger partial charge in [-0.1, -0.05) is 0 Å². The highest BCUT2D eigenvalue weighted by atomic mass is 16.3. The first-order valence-corrected chi connectivity index (χ1v) is 6.80. The van der Waals surface area contributed by atoms with Gasteiger partial charge in [-0.3, -0.25) is 9.69 Å². The summed E-state index contributed by atoms with van der Waals surface area (Å²) in [4.78, 5) is 14.0. The molecule has 1 fully saturated rings. The Morgan fingerprint density at radius 2 is 2.42 bits per heavy atom. The number of carbonyl (C=O) groups excluding carboxylic acids is 1. The van der Waals surface area contributed by atoms with Crippen molar-refractivity contribution in [2.24, 2.45) is 0 Å². The number of hydrogen-bond acceptors (Lipinski definition) is 4. The number of piperidine rings is 1. The first kappa shape index (κ1) is 14.0. The van der Waals surface area contributed by atoms with E-state index < -0.39 is 0 Å². The molecule has 19 heavy (non-hydrogen) atoms. The third-order valence-electron chi connectivity index (χ3n) is 3.27. The predicted molar refractivity (Wildman–Crippen MR) is 72.9 cm³/mol. The van der Waals surface area contributed by atoms with Gasteiger partial charge in [0.15, 0.2) is 0 Å². The Bertz CT molecular complexity index is 430. The van der Waals surface area contributed by atoms with Gasteiger partial charge in [-0.25, -0.2) is 4.68 Å². The highest BCUT2D eigenvalue weighted by Crippen LogP contribution is 2.14. The van der Waals surface area contributed by atoms with Crippen molar-refractivity contribution in [3.05, 3.63) is 12.3 Å². The van der Waals surface area contributed by atoms with Gasteiger partial charge >= 0.3 is 0 Å². The summed E-state index contributed by atoms with van der Waals surface area (Å²) < 4.78 is 1.78. The molecule has 6 heteroatoms. The molecule has 0 spiro atoms. The van der Waals surface area contributed by atoms with Crippen LogP contribution in [0.3, 0.4) is 0 Å². The summed E-state index contributed by atoms with van der Waals surface area (Å²) >= 11 is 0. The molecular formula is C13H22N4O2. The van der Waals surface area contributed by atoms with Crippen molar-refractivity contribution >= 4 is 11.7 Å². The number of aromatic nitrogens is 2. The van der Waals surface area contributed by atoms with Crippen LogP contribution in [0.4, 0.5) is 5.82 Å². The molecule has 0 aliphatic carbocycles. The molecule has 1 aliphatic heterocycles. The lowest BCUT2D eigenvalue weighted by molar-refractivity contribution is -0.118. The summed E-state index contributed by atoms with van der Waals surface area (Å²) in [6, 6.07) is 2.00. The van der Waals surface area contributed by atoms with E-state index in [-0.39, 0.29) is 18.1 Å². The fraction of sp³-hybridized carbons (Fsp3) is 0.692. The van der Waals surface area contributed by atoms with Crippen LogP contribution in [-0.2, 0) is 4.79 Å². The van der Waals surface area contributed by atoms with Crippen LogP contribution in [0, 0.1) is 0 Å². The van der Waals surface area contributed by atoms with Gasteiger partial charge in [-0.05, 0) is 33.2 Å². The zero-order chi connectivity index (χ0) is 13.8. The van der Waals surface area contributed by atoms with Crippen molar-refractivity contribution in [2.45, 2.75) is 38.8 Å². The smallest absolute Gasteiger partial charge is 0.239 e. The first-order chi connectivity index (χ1) is 9.06. The number of rotatable bonds is 4. The van der Waals surface area contributed by atoms with E-state index in [1.54, 1.807) is 16.9 Å². The molecule has 1 atom stereocenters. The quantitative estimate of drug-likeness (QED) is 0.848. The molecule has 1 aromatic rings. The summed E-state index contributed by atoms with van der Waals surface area (Å²) in [6.07, 6.45) is 3.15. The fourth-order valence-corrected chi connectivity index (χ4v) is 2.38. The van der Waals surface area contributed by atoms with Crippen LogP contribution in [0.25, 0.3) is 0 Å². The number of amides is 1. The van der Waals surface area contributed by atoms with Crippen LogP contribution in [0.15, 0.2) is 12.3 Å². The summed E-state index contributed by atoms with van der Waals surface area (Å²) in [5.74, 6) is 0.661. The third-order valence-corrected chi connectivity index (χ3v) is 3.27. The molecule has 2 N–H and O–H groups in total. The minimum atomic E-state index is -0.303. The van der Waals surface area contributed by atoms with Gasteiger partial charge in [0.1, 0.15) is 5.82 Å². The third kappa shape index (κ3) is 3.78. The average Bonchev–Trinajstić information content (AvgIpc) is 2.76. The van der Waals surface area contributed by atoms with Gasteiger partial charge in [0.05, 0.1) is 18.8 Å². The van der Waals surface area contributed by atoms with Crippen molar-refractivity contribution in [1.82, 2.24) is 14.7 Å². The summed E-state index contributed by atoms with van der Waals surface area (Å²) in [6.45, 7) is 5.80. The van der Waals surface area contributed by atoms with E-state index in [0.717, 1.165) is 25.2 Å². The van der Waals surface area contributed by atoms with Crippen molar-refractivity contribution in [3.8, 4) is 0 Å². The molecule has 1 amide bonds. The lowest BCUT2D eigenvalue weighted by Gasteiger charge is -2.29. The molecule has 2 rings (SSSR count). The molecular weight excluding hydrogens is 244 g/mol. The molecule has 1 saturated heterocycles. The van der Waals surface area contributed by atoms with E-state index in [1.165, 1.54) is 0 Å². The maximum atomic E-state index is 12.0. The van der Waals surface area contributed by atoms with E-state index in [9.17, 15) is 9.90 Å². The highest BCUT2D eigenvalue weighted by molar-refractivity contribution is 5.91. The van der Waals surface area contributed by atoms with Gasteiger partial charge in [-0.2, -0.15) is 5.10 Å². The number of hydrogen-bond donors (Lipinski definition) is 2. The molecule has 0 radical (unpaired) electrons. The molecule has 0 saturated carbocycles. The predicted octanol–water partition coefficient (Wildman–Crippen LogP) is 0.859. The van der Waals surface area contributed by atoms with Crippen molar-refractivity contribution < 1.29 is 9.90 Å². The van der Waals surface area contributed by atoms with E-state index in [1.807, 2.05) is 18.7 Å². The Morgan fingerprint density at radius 1 is 1.63 bits per heavy atom. The van der Waals surface area contributed by atoms with E-state index in [2.05, 4.69) is 10.4 Å². The minimum absolute atomic E-state index is 0.0588.